The van der Waals surface area contributed by atoms with Gasteiger partial charge in [-0.15, -0.1) is 0 Å². The zero-order chi connectivity index (χ0) is 3.54. The fraction of sp³-hybridized carbons (Fsp3) is 0.500. The molecule has 0 saturated carbocycles. The van der Waals surface area contributed by atoms with Crippen molar-refractivity contribution in [2.45, 2.75) is 6.42 Å². The molecule has 0 bridgehead atoms. The molecule has 1 rings (SSSR count). The Morgan fingerprint density at radius 3 is 2.50 bits per heavy atom. The van der Waals surface area contributed by atoms with Gasteiger partial charge in [0.25, 0.3) is 0 Å². The monoisotopic (exact) mass is 83.1 g/mol. The molecular weight excluding hydrogens is 72.9 g/mol. The minimum atomic E-state index is 0. The Kier molecular flexibility index (Phi) is 2.64. The molecule has 6 heavy (non-hydrogen) atoms. The van der Waals surface area contributed by atoms with Crippen molar-refractivity contribution in [1.29, 1.82) is 0 Å². The van der Waals surface area contributed by atoms with Crippen LogP contribution in [0.1, 0.15) is 6.42 Å². The maximum Gasteiger partial charge on any atom is 0.0814 e. The zero-order valence-corrected chi connectivity index (χ0v) is 3.07. The molecule has 34 valence electrons. The fourth-order valence-corrected chi connectivity index (χ4v) is 0.417. The highest BCUT2D eigenvalue weighted by molar-refractivity contribution is 5.75. The Hall–Kier alpha value is -0.395. The average molecular weight is 82.9 g/mol. The van der Waals surface area contributed by atoms with E-state index in [1.165, 1.54) is 6.42 Å². The minimum absolute atomic E-state index is 0. The first-order valence-corrected chi connectivity index (χ1v) is 1.88. The topological polar surface area (TPSA) is 12.0 Å². The smallest absolute Gasteiger partial charge is 0.0814 e. The lowest BCUT2D eigenvalue weighted by Crippen LogP contribution is -1.96. The van der Waals surface area contributed by atoms with Crippen LogP contribution < -0.4 is 5.32 Å². The van der Waals surface area contributed by atoms with Gasteiger partial charge in [0.2, 0.25) is 0 Å². The molecule has 0 unspecified atom stereocenters. The van der Waals surface area contributed by atoms with Crippen molar-refractivity contribution in [1.82, 2.24) is 5.32 Å². The summed E-state index contributed by atoms with van der Waals surface area (Å²) in [5.41, 5.74) is 0. The van der Waals surface area contributed by atoms with Crippen molar-refractivity contribution in [3.8, 4) is 0 Å². The summed E-state index contributed by atoms with van der Waals surface area (Å²) in [7, 11) is 0. The van der Waals surface area contributed by atoms with Gasteiger partial charge in [-0.2, -0.15) is 0 Å². The highest BCUT2D eigenvalue weighted by Gasteiger charge is 1.81. The van der Waals surface area contributed by atoms with Crippen LogP contribution in [0.2, 0.25) is 0 Å². The molecule has 2 heteroatoms. The molecule has 1 aliphatic rings. The standard InChI is InChI=1S/C4H7N.BH3/c1-2-4-5-3-1;/h1,3,5H,2,4H2;1H3. The molecule has 0 radical (unpaired) electrons. The van der Waals surface area contributed by atoms with Crippen molar-refractivity contribution in [2.75, 3.05) is 6.54 Å². The van der Waals surface area contributed by atoms with Gasteiger partial charge < -0.3 is 5.32 Å². The van der Waals surface area contributed by atoms with Crippen molar-refractivity contribution < 1.29 is 0 Å². The molecule has 1 N–H and O–H groups in total. The van der Waals surface area contributed by atoms with Crippen LogP contribution in [0.15, 0.2) is 12.3 Å². The Labute approximate surface area is 40.0 Å². The molecule has 0 atom stereocenters. The Morgan fingerprint density at radius 1 is 1.50 bits per heavy atom. The maximum absolute atomic E-state index is 3.04. The first-order valence-electron chi connectivity index (χ1n) is 1.88. The summed E-state index contributed by atoms with van der Waals surface area (Å²) in [6.07, 6.45) is 5.32. The highest BCUT2D eigenvalue weighted by Crippen LogP contribution is 1.84. The summed E-state index contributed by atoms with van der Waals surface area (Å²) in [6.45, 7) is 1.14. The summed E-state index contributed by atoms with van der Waals surface area (Å²) in [5.74, 6) is 0. The summed E-state index contributed by atoms with van der Waals surface area (Å²) in [5, 5.41) is 3.04. The van der Waals surface area contributed by atoms with Gasteiger partial charge in [0.05, 0.1) is 8.41 Å². The molecular formula is C4H10BN. The van der Waals surface area contributed by atoms with E-state index in [9.17, 15) is 0 Å². The second-order valence-electron chi connectivity index (χ2n) is 1.15. The fourth-order valence-electron chi connectivity index (χ4n) is 0.417. The molecule has 0 aromatic carbocycles. The SMILES string of the molecule is B.C1=CNCC1. The van der Waals surface area contributed by atoms with Gasteiger partial charge in [-0.3, -0.25) is 0 Å². The summed E-state index contributed by atoms with van der Waals surface area (Å²) in [6, 6.07) is 0. The number of nitrogens with one attached hydrogen (secondary N) is 1. The second kappa shape index (κ2) is 2.82. The molecule has 0 aliphatic carbocycles. The first-order chi connectivity index (χ1) is 2.50. The Morgan fingerprint density at radius 2 is 2.33 bits per heavy atom. The normalized spacial score (nSPS) is 16.0. The van der Waals surface area contributed by atoms with E-state index in [1.54, 1.807) is 0 Å². The van der Waals surface area contributed by atoms with Crippen LogP contribution in [-0.2, 0) is 0 Å². The summed E-state index contributed by atoms with van der Waals surface area (Å²) < 4.78 is 0. The van der Waals surface area contributed by atoms with Crippen LogP contribution in [0.4, 0.5) is 0 Å². The molecule has 1 nitrogen and oxygen atoms in total. The van der Waals surface area contributed by atoms with E-state index in [0.29, 0.717) is 0 Å². The van der Waals surface area contributed by atoms with Gasteiger partial charge in [0.15, 0.2) is 0 Å². The maximum atomic E-state index is 3.04. The first kappa shape index (κ1) is 5.60. The van der Waals surface area contributed by atoms with E-state index in [-0.39, 0.29) is 8.41 Å². The van der Waals surface area contributed by atoms with Crippen molar-refractivity contribution >= 4 is 8.41 Å². The number of hydrogen-bond acceptors (Lipinski definition) is 1. The predicted molar refractivity (Wildman–Crippen MR) is 31.7 cm³/mol. The van der Waals surface area contributed by atoms with Crippen LogP contribution in [0.5, 0.6) is 0 Å². The predicted octanol–water partition coefficient (Wildman–Crippen LogP) is -0.691. The van der Waals surface area contributed by atoms with Gasteiger partial charge in [-0.1, -0.05) is 6.08 Å². The minimum Gasteiger partial charge on any atom is -0.391 e. The number of rotatable bonds is 0. The van der Waals surface area contributed by atoms with Crippen LogP contribution in [0.3, 0.4) is 0 Å². The average Bonchev–Trinajstić information content (AvgIpc) is 1.76. The quantitative estimate of drug-likeness (QED) is 0.382. The van der Waals surface area contributed by atoms with Crippen molar-refractivity contribution in [3.05, 3.63) is 12.3 Å². The van der Waals surface area contributed by atoms with Crippen LogP contribution >= 0.6 is 0 Å². The molecule has 0 fully saturated rings. The van der Waals surface area contributed by atoms with E-state index in [4.69, 9.17) is 0 Å². The largest absolute Gasteiger partial charge is 0.391 e. The third kappa shape index (κ3) is 1.15. The summed E-state index contributed by atoms with van der Waals surface area (Å²) in [4.78, 5) is 0. The van der Waals surface area contributed by atoms with Gasteiger partial charge in [0.1, 0.15) is 0 Å². The van der Waals surface area contributed by atoms with E-state index in [2.05, 4.69) is 11.4 Å². The van der Waals surface area contributed by atoms with E-state index < -0.39 is 0 Å². The molecule has 0 amide bonds. The highest BCUT2D eigenvalue weighted by atomic mass is 14.8. The zero-order valence-electron chi connectivity index (χ0n) is 3.07. The lowest BCUT2D eigenvalue weighted by atomic mass is 10.5. The Balaban J connectivity index is 0.000000250. The van der Waals surface area contributed by atoms with E-state index >= 15 is 0 Å². The molecule has 1 aliphatic heterocycles. The lowest BCUT2D eigenvalue weighted by Gasteiger charge is -1.78. The lowest BCUT2D eigenvalue weighted by molar-refractivity contribution is 0.917. The van der Waals surface area contributed by atoms with Gasteiger partial charge in [-0.05, 0) is 12.6 Å². The van der Waals surface area contributed by atoms with E-state index in [0.717, 1.165) is 6.54 Å². The van der Waals surface area contributed by atoms with Crippen molar-refractivity contribution in [3.63, 3.8) is 0 Å². The van der Waals surface area contributed by atoms with Crippen LogP contribution in [-0.4, -0.2) is 15.0 Å². The summed E-state index contributed by atoms with van der Waals surface area (Å²) >= 11 is 0. The van der Waals surface area contributed by atoms with Crippen molar-refractivity contribution in [2.24, 2.45) is 0 Å². The number of hydrogen-bond donors (Lipinski definition) is 1. The molecule has 0 aromatic rings. The second-order valence-corrected chi connectivity index (χ2v) is 1.15. The van der Waals surface area contributed by atoms with Crippen LogP contribution in [0.25, 0.3) is 0 Å². The molecule has 0 saturated heterocycles. The van der Waals surface area contributed by atoms with Crippen LogP contribution in [0, 0.1) is 0 Å². The molecule has 1 heterocycles. The molecule has 0 aromatic heterocycles. The third-order valence-electron chi connectivity index (χ3n) is 0.691. The van der Waals surface area contributed by atoms with Gasteiger partial charge >= 0.3 is 0 Å². The van der Waals surface area contributed by atoms with E-state index in [1.807, 2.05) is 6.20 Å². The Bertz CT molecular complexity index is 45.5. The third-order valence-corrected chi connectivity index (χ3v) is 0.691. The van der Waals surface area contributed by atoms with Gasteiger partial charge in [0, 0.05) is 6.54 Å². The van der Waals surface area contributed by atoms with Gasteiger partial charge in [-0.25, -0.2) is 0 Å². The molecule has 0 spiro atoms.